The van der Waals surface area contributed by atoms with Crippen molar-refractivity contribution in [3.8, 4) is 0 Å². The minimum Gasteiger partial charge on any atom is -0.307 e. The molecule has 2 aromatic rings. The van der Waals surface area contributed by atoms with E-state index in [9.17, 15) is 0 Å². The molecule has 60 valence electrons. The highest BCUT2D eigenvalue weighted by molar-refractivity contribution is 5.51. The zero-order valence-corrected chi connectivity index (χ0v) is 6.77. The van der Waals surface area contributed by atoms with Gasteiger partial charge in [-0.3, -0.25) is 0 Å². The lowest BCUT2D eigenvalue weighted by Gasteiger charge is -1.99. The number of fused-ring (bicyclic) bond motifs is 1. The quantitative estimate of drug-likeness (QED) is 0.622. The van der Waals surface area contributed by atoms with Gasteiger partial charge in [0.2, 0.25) is 0 Å². The van der Waals surface area contributed by atoms with Gasteiger partial charge in [0.05, 0.1) is 0 Å². The van der Waals surface area contributed by atoms with E-state index in [0.717, 1.165) is 11.6 Å². The molecule has 0 bridgehead atoms. The monoisotopic (exact) mass is 158 g/mol. The third-order valence-electron chi connectivity index (χ3n) is 2.47. The summed E-state index contributed by atoms with van der Waals surface area (Å²) in [6.45, 7) is 0. The maximum Gasteiger partial charge on any atom is 0.140 e. The van der Waals surface area contributed by atoms with Crippen LogP contribution in [0.25, 0.3) is 5.65 Å². The Kier molecular flexibility index (Phi) is 1.09. The molecule has 0 unspecified atom stereocenters. The molecule has 0 N–H and O–H groups in total. The van der Waals surface area contributed by atoms with Gasteiger partial charge in [0.15, 0.2) is 0 Å². The summed E-state index contributed by atoms with van der Waals surface area (Å²) in [6, 6.07) is 4.29. The molecule has 0 amide bonds. The molecule has 2 heteroatoms. The maximum absolute atomic E-state index is 4.34. The highest BCUT2D eigenvalue weighted by Gasteiger charge is 2.25. The normalized spacial score (nSPS) is 17.0. The summed E-state index contributed by atoms with van der Waals surface area (Å²) in [4.78, 5) is 4.34. The van der Waals surface area contributed by atoms with Gasteiger partial charge < -0.3 is 4.40 Å². The van der Waals surface area contributed by atoms with Crippen LogP contribution in [0.2, 0.25) is 0 Å². The first-order chi connectivity index (χ1) is 5.95. The molecule has 0 spiro atoms. The number of nitrogens with zero attached hydrogens (tertiary/aromatic N) is 2. The van der Waals surface area contributed by atoms with Crippen molar-refractivity contribution < 1.29 is 0 Å². The Hall–Kier alpha value is -1.31. The van der Waals surface area contributed by atoms with Crippen LogP contribution in [-0.2, 0) is 0 Å². The third kappa shape index (κ3) is 0.779. The summed E-state index contributed by atoms with van der Waals surface area (Å²) >= 11 is 0. The predicted octanol–water partition coefficient (Wildman–Crippen LogP) is 2.21. The van der Waals surface area contributed by atoms with Crippen LogP contribution in [-0.4, -0.2) is 9.38 Å². The second-order valence-corrected chi connectivity index (χ2v) is 3.40. The van der Waals surface area contributed by atoms with Gasteiger partial charge >= 0.3 is 0 Å². The van der Waals surface area contributed by atoms with Gasteiger partial charge in [-0.1, -0.05) is 6.07 Å². The lowest BCUT2D eigenvalue weighted by atomic mass is 10.2. The number of hydrogen-bond donors (Lipinski definition) is 0. The van der Waals surface area contributed by atoms with Crippen LogP contribution in [0.15, 0.2) is 30.7 Å². The molecule has 2 heterocycles. The number of rotatable bonds is 1. The average Bonchev–Trinajstić information content (AvgIpc) is 2.82. The lowest BCUT2D eigenvalue weighted by molar-refractivity contribution is 1.08. The minimum absolute atomic E-state index is 0.788. The molecule has 0 atom stereocenters. The van der Waals surface area contributed by atoms with Crippen LogP contribution in [0.4, 0.5) is 0 Å². The molecule has 2 nitrogen and oxygen atoms in total. The van der Waals surface area contributed by atoms with E-state index in [1.807, 2.05) is 18.6 Å². The second-order valence-electron chi connectivity index (χ2n) is 3.40. The van der Waals surface area contributed by atoms with Crippen molar-refractivity contribution >= 4 is 5.65 Å². The van der Waals surface area contributed by atoms with Crippen molar-refractivity contribution in [2.75, 3.05) is 0 Å². The third-order valence-corrected chi connectivity index (χ3v) is 2.47. The first-order valence-electron chi connectivity index (χ1n) is 4.37. The van der Waals surface area contributed by atoms with Crippen LogP contribution >= 0.6 is 0 Å². The maximum atomic E-state index is 4.34. The van der Waals surface area contributed by atoms with E-state index >= 15 is 0 Å². The zero-order chi connectivity index (χ0) is 7.97. The van der Waals surface area contributed by atoms with Crippen LogP contribution in [0.5, 0.6) is 0 Å². The summed E-state index contributed by atoms with van der Waals surface area (Å²) in [7, 11) is 0. The van der Waals surface area contributed by atoms with Crippen molar-refractivity contribution in [1.29, 1.82) is 0 Å². The largest absolute Gasteiger partial charge is 0.307 e. The van der Waals surface area contributed by atoms with Gasteiger partial charge in [-0.05, 0) is 30.4 Å². The van der Waals surface area contributed by atoms with Gasteiger partial charge in [-0.2, -0.15) is 0 Å². The minimum atomic E-state index is 0.788. The Labute approximate surface area is 70.9 Å². The highest BCUT2D eigenvalue weighted by Crippen LogP contribution is 2.41. The molecule has 0 radical (unpaired) electrons. The molecule has 0 aliphatic heterocycles. The summed E-state index contributed by atoms with van der Waals surface area (Å²) in [6.07, 6.45) is 8.59. The van der Waals surface area contributed by atoms with Crippen molar-refractivity contribution in [2.24, 2.45) is 0 Å². The standard InChI is InChI=1S/C10H10N2/c1-2-9(8-3-4-8)10-11-5-7-12(10)6-1/h1-2,5-8H,3-4H2. The second kappa shape index (κ2) is 2.09. The zero-order valence-electron chi connectivity index (χ0n) is 6.77. The van der Waals surface area contributed by atoms with Crippen LogP contribution in [0.1, 0.15) is 24.3 Å². The molecule has 2 aromatic heterocycles. The van der Waals surface area contributed by atoms with Gasteiger partial charge in [0, 0.05) is 18.6 Å². The topological polar surface area (TPSA) is 17.3 Å². The Morgan fingerprint density at radius 3 is 3.08 bits per heavy atom. The molecular weight excluding hydrogens is 148 g/mol. The van der Waals surface area contributed by atoms with E-state index in [2.05, 4.69) is 21.5 Å². The Morgan fingerprint density at radius 2 is 2.25 bits per heavy atom. The fraction of sp³-hybridized carbons (Fsp3) is 0.300. The summed E-state index contributed by atoms with van der Waals surface area (Å²) in [5.74, 6) is 0.788. The summed E-state index contributed by atoms with van der Waals surface area (Å²) in [5, 5.41) is 0. The Morgan fingerprint density at radius 1 is 1.33 bits per heavy atom. The number of hydrogen-bond acceptors (Lipinski definition) is 1. The molecule has 1 aliphatic carbocycles. The van der Waals surface area contributed by atoms with Crippen LogP contribution in [0.3, 0.4) is 0 Å². The first kappa shape index (κ1) is 6.23. The van der Waals surface area contributed by atoms with E-state index in [1.165, 1.54) is 18.4 Å². The average molecular weight is 158 g/mol. The molecule has 1 aliphatic rings. The lowest BCUT2D eigenvalue weighted by Crippen LogP contribution is -1.88. The van der Waals surface area contributed by atoms with Crippen molar-refractivity contribution in [2.45, 2.75) is 18.8 Å². The molecule has 12 heavy (non-hydrogen) atoms. The van der Waals surface area contributed by atoms with Gasteiger partial charge in [0.1, 0.15) is 5.65 Å². The number of aromatic nitrogens is 2. The first-order valence-corrected chi connectivity index (χ1v) is 4.37. The molecule has 3 rings (SSSR count). The van der Waals surface area contributed by atoms with Gasteiger partial charge in [-0.25, -0.2) is 4.98 Å². The summed E-state index contributed by atoms with van der Waals surface area (Å²) < 4.78 is 2.09. The van der Waals surface area contributed by atoms with E-state index in [-0.39, 0.29) is 0 Å². The predicted molar refractivity (Wildman–Crippen MR) is 47.2 cm³/mol. The SMILES string of the molecule is c1cc(C2CC2)c2nccn2c1. The van der Waals surface area contributed by atoms with Crippen molar-refractivity contribution in [3.05, 3.63) is 36.3 Å². The fourth-order valence-corrected chi connectivity index (χ4v) is 1.68. The molecule has 0 aromatic carbocycles. The fourth-order valence-electron chi connectivity index (χ4n) is 1.68. The van der Waals surface area contributed by atoms with E-state index in [4.69, 9.17) is 0 Å². The number of pyridine rings is 1. The summed E-state index contributed by atoms with van der Waals surface area (Å²) in [5.41, 5.74) is 2.56. The molecule has 1 saturated carbocycles. The number of imidazole rings is 1. The Bertz CT molecular complexity index is 412. The van der Waals surface area contributed by atoms with Gasteiger partial charge in [0.25, 0.3) is 0 Å². The smallest absolute Gasteiger partial charge is 0.140 e. The van der Waals surface area contributed by atoms with Crippen molar-refractivity contribution in [1.82, 2.24) is 9.38 Å². The van der Waals surface area contributed by atoms with E-state index in [1.54, 1.807) is 0 Å². The van der Waals surface area contributed by atoms with Crippen molar-refractivity contribution in [3.63, 3.8) is 0 Å². The Balaban J connectivity index is 2.32. The van der Waals surface area contributed by atoms with Crippen LogP contribution in [0, 0.1) is 0 Å². The van der Waals surface area contributed by atoms with Gasteiger partial charge in [-0.15, -0.1) is 0 Å². The molecular formula is C10H10N2. The molecule has 0 saturated heterocycles. The molecule has 1 fully saturated rings. The van der Waals surface area contributed by atoms with Crippen LogP contribution < -0.4 is 0 Å². The van der Waals surface area contributed by atoms with E-state index < -0.39 is 0 Å². The van der Waals surface area contributed by atoms with E-state index in [0.29, 0.717) is 0 Å². The highest BCUT2D eigenvalue weighted by atomic mass is 15.0.